The Morgan fingerprint density at radius 3 is 3.03 bits per heavy atom. The van der Waals surface area contributed by atoms with E-state index in [2.05, 4.69) is 56.8 Å². The lowest BCUT2D eigenvalue weighted by atomic mass is 9.89. The van der Waals surface area contributed by atoms with E-state index in [0.29, 0.717) is 18.1 Å². The topological polar surface area (TPSA) is 51.7 Å². The number of hydrogen-bond acceptors (Lipinski definition) is 5. The fraction of sp³-hybridized carbons (Fsp3) is 0.577. The van der Waals surface area contributed by atoms with E-state index in [9.17, 15) is 4.21 Å². The third kappa shape index (κ3) is 4.14. The minimum Gasteiger partial charge on any atom is -0.368 e. The van der Waals surface area contributed by atoms with Crippen LogP contribution in [0, 0.1) is 0 Å². The van der Waals surface area contributed by atoms with Crippen LogP contribution in [0.4, 0.5) is 5.69 Å². The van der Waals surface area contributed by atoms with Crippen molar-refractivity contribution >= 4 is 16.7 Å². The molecule has 6 rings (SSSR count). The monoisotopic (exact) mass is 465 g/mol. The minimum absolute atomic E-state index is 0.421. The Morgan fingerprint density at radius 2 is 2.09 bits per heavy atom. The molecule has 0 bridgehead atoms. The minimum atomic E-state index is -0.758. The van der Waals surface area contributed by atoms with Gasteiger partial charge in [0, 0.05) is 62.4 Å². The van der Waals surface area contributed by atoms with Gasteiger partial charge in [-0.1, -0.05) is 18.2 Å². The standard InChI is InChI=1S/C26H35N5OS/c1-29(25-9-2-5-19-7-4-11-27-26(19)25)17-21-15-23-20(16-28-21)6-3-8-24(23)30-12-13-31-22(18-30)10-14-33(31)32/h3-4,6-8,11,21-22,25,28H,2,5,9-10,12-18H2,1H3/t21-,22-,25+,33?/m1/s1. The highest BCUT2D eigenvalue weighted by molar-refractivity contribution is 7.82. The number of hydrogen-bond donors (Lipinski definition) is 1. The molecule has 0 radical (unpaired) electrons. The van der Waals surface area contributed by atoms with Gasteiger partial charge in [-0.3, -0.25) is 9.88 Å². The van der Waals surface area contributed by atoms with Crippen molar-refractivity contribution in [1.29, 1.82) is 0 Å². The Kier molecular flexibility index (Phi) is 5.99. The molecule has 1 N–H and O–H groups in total. The zero-order valence-electron chi connectivity index (χ0n) is 19.6. The first-order valence-corrected chi connectivity index (χ1v) is 13.8. The van der Waals surface area contributed by atoms with Crippen LogP contribution in [-0.2, 0) is 30.4 Å². The van der Waals surface area contributed by atoms with Gasteiger partial charge in [-0.05, 0) is 68.0 Å². The maximum absolute atomic E-state index is 12.2. The van der Waals surface area contributed by atoms with Crippen molar-refractivity contribution < 1.29 is 4.21 Å². The number of aryl methyl sites for hydroxylation is 1. The van der Waals surface area contributed by atoms with Gasteiger partial charge in [0.1, 0.15) is 0 Å². The van der Waals surface area contributed by atoms with Crippen molar-refractivity contribution in [3.63, 3.8) is 0 Å². The molecule has 1 unspecified atom stereocenters. The molecule has 0 saturated carbocycles. The molecule has 6 nitrogen and oxygen atoms in total. The van der Waals surface area contributed by atoms with Crippen LogP contribution in [0.3, 0.4) is 0 Å². The Balaban J connectivity index is 1.18. The number of rotatable bonds is 4. The molecule has 2 aromatic rings. The van der Waals surface area contributed by atoms with E-state index in [-0.39, 0.29) is 0 Å². The second kappa shape index (κ2) is 9.10. The molecule has 4 heterocycles. The fourth-order valence-corrected chi connectivity index (χ4v) is 7.92. The molecule has 1 aromatic heterocycles. The normalized spacial score (nSPS) is 29.6. The Labute approximate surface area is 199 Å². The van der Waals surface area contributed by atoms with E-state index in [1.165, 1.54) is 40.9 Å². The van der Waals surface area contributed by atoms with Crippen molar-refractivity contribution in [2.75, 3.05) is 43.9 Å². The Bertz CT molecular complexity index is 1050. The first kappa shape index (κ1) is 21.7. The van der Waals surface area contributed by atoms with E-state index in [1.807, 2.05) is 6.20 Å². The predicted octanol–water partition coefficient (Wildman–Crippen LogP) is 2.66. The third-order valence-corrected chi connectivity index (χ3v) is 9.73. The number of likely N-dealkylation sites (N-methyl/N-ethyl adjacent to an activating group) is 1. The van der Waals surface area contributed by atoms with Crippen molar-refractivity contribution in [1.82, 2.24) is 19.5 Å². The number of fused-ring (bicyclic) bond motifs is 3. The summed E-state index contributed by atoms with van der Waals surface area (Å²) in [5.74, 6) is 0.836. The summed E-state index contributed by atoms with van der Waals surface area (Å²) in [6.07, 6.45) is 7.68. The summed E-state index contributed by atoms with van der Waals surface area (Å²) < 4.78 is 14.5. The van der Waals surface area contributed by atoms with Gasteiger partial charge in [-0.15, -0.1) is 0 Å². The van der Waals surface area contributed by atoms with Gasteiger partial charge in [0.2, 0.25) is 0 Å². The largest absolute Gasteiger partial charge is 0.368 e. The third-order valence-electron chi connectivity index (χ3n) is 8.14. The predicted molar refractivity (Wildman–Crippen MR) is 134 cm³/mol. The molecule has 1 aliphatic carbocycles. The second-order valence-electron chi connectivity index (χ2n) is 10.1. The average Bonchev–Trinajstić information content (AvgIpc) is 3.23. The highest BCUT2D eigenvalue weighted by atomic mass is 32.2. The lowest BCUT2D eigenvalue weighted by molar-refractivity contribution is 0.191. The van der Waals surface area contributed by atoms with Gasteiger partial charge in [0.05, 0.1) is 22.7 Å². The number of pyridine rings is 1. The fourth-order valence-electron chi connectivity index (χ4n) is 6.42. The molecule has 2 fully saturated rings. The lowest BCUT2D eigenvalue weighted by Crippen LogP contribution is -2.51. The van der Waals surface area contributed by atoms with Gasteiger partial charge >= 0.3 is 0 Å². The van der Waals surface area contributed by atoms with Crippen LogP contribution in [0.5, 0.6) is 0 Å². The zero-order chi connectivity index (χ0) is 22.4. The number of aromatic nitrogens is 1. The lowest BCUT2D eigenvalue weighted by Gasteiger charge is -2.40. The van der Waals surface area contributed by atoms with Crippen LogP contribution >= 0.6 is 0 Å². The first-order valence-electron chi connectivity index (χ1n) is 12.6. The van der Waals surface area contributed by atoms with E-state index < -0.39 is 11.0 Å². The van der Waals surface area contributed by atoms with Crippen LogP contribution in [0.2, 0.25) is 0 Å². The quantitative estimate of drug-likeness (QED) is 0.753. The summed E-state index contributed by atoms with van der Waals surface area (Å²) in [7, 11) is 1.52. The Morgan fingerprint density at radius 1 is 1.18 bits per heavy atom. The summed E-state index contributed by atoms with van der Waals surface area (Å²) in [5.41, 5.74) is 7.08. The van der Waals surface area contributed by atoms with Crippen LogP contribution in [0.1, 0.15) is 47.7 Å². The van der Waals surface area contributed by atoms with Gasteiger partial charge in [-0.25, -0.2) is 8.51 Å². The molecular weight excluding hydrogens is 430 g/mol. The van der Waals surface area contributed by atoms with E-state index in [4.69, 9.17) is 4.98 Å². The molecular formula is C26H35N5OS. The van der Waals surface area contributed by atoms with Crippen molar-refractivity contribution in [2.24, 2.45) is 0 Å². The average molecular weight is 466 g/mol. The zero-order valence-corrected chi connectivity index (χ0v) is 20.4. The summed E-state index contributed by atoms with van der Waals surface area (Å²) in [6, 6.07) is 12.4. The molecule has 7 heteroatoms. The smallest absolute Gasteiger partial charge is 0.0947 e. The summed E-state index contributed by atoms with van der Waals surface area (Å²) in [4.78, 5) is 9.86. The van der Waals surface area contributed by atoms with E-state index in [0.717, 1.165) is 57.7 Å². The van der Waals surface area contributed by atoms with Crippen molar-refractivity contribution in [3.05, 3.63) is 58.9 Å². The molecule has 4 atom stereocenters. The second-order valence-corrected chi connectivity index (χ2v) is 11.7. The maximum atomic E-state index is 12.2. The number of nitrogens with zero attached hydrogens (tertiary/aromatic N) is 4. The number of anilines is 1. The van der Waals surface area contributed by atoms with Crippen LogP contribution < -0.4 is 10.2 Å². The summed E-state index contributed by atoms with van der Waals surface area (Å²) in [6.45, 7) is 4.86. The number of nitrogens with one attached hydrogen (secondary N) is 1. The van der Waals surface area contributed by atoms with Crippen LogP contribution in [-0.4, -0.2) is 69.5 Å². The molecule has 2 saturated heterocycles. The van der Waals surface area contributed by atoms with Crippen LogP contribution in [0.15, 0.2) is 36.5 Å². The van der Waals surface area contributed by atoms with Crippen LogP contribution in [0.25, 0.3) is 0 Å². The molecule has 0 spiro atoms. The SMILES string of the molecule is CN(C[C@H]1Cc2c(cccc2N2CCN3[C@H](CCS3=O)C2)CN1)[C@H]1CCCc2cccnc21. The first-order chi connectivity index (χ1) is 16.2. The van der Waals surface area contributed by atoms with Crippen molar-refractivity contribution in [3.8, 4) is 0 Å². The maximum Gasteiger partial charge on any atom is 0.0947 e. The van der Waals surface area contributed by atoms with Gasteiger partial charge < -0.3 is 10.2 Å². The Hall–Kier alpha value is -1.80. The number of benzene rings is 1. The van der Waals surface area contributed by atoms with Crippen molar-refractivity contribution in [2.45, 2.75) is 56.8 Å². The molecule has 0 amide bonds. The molecule has 3 aliphatic heterocycles. The summed E-state index contributed by atoms with van der Waals surface area (Å²) >= 11 is 0. The molecule has 176 valence electrons. The van der Waals surface area contributed by atoms with E-state index in [1.54, 1.807) is 0 Å². The van der Waals surface area contributed by atoms with E-state index >= 15 is 0 Å². The summed E-state index contributed by atoms with van der Waals surface area (Å²) in [5, 5.41) is 3.81. The molecule has 4 aliphatic rings. The van der Waals surface area contributed by atoms with Gasteiger partial charge in [0.15, 0.2) is 0 Å². The highest BCUT2D eigenvalue weighted by Crippen LogP contribution is 2.34. The van der Waals surface area contributed by atoms with Gasteiger partial charge in [0.25, 0.3) is 0 Å². The molecule has 1 aromatic carbocycles. The molecule has 33 heavy (non-hydrogen) atoms. The van der Waals surface area contributed by atoms with Gasteiger partial charge in [-0.2, -0.15) is 0 Å². The number of piperazine rings is 1. The highest BCUT2D eigenvalue weighted by Gasteiger charge is 2.37.